The van der Waals surface area contributed by atoms with Crippen molar-refractivity contribution in [2.24, 2.45) is 5.92 Å². The van der Waals surface area contributed by atoms with Crippen molar-refractivity contribution in [3.05, 3.63) is 23.8 Å². The van der Waals surface area contributed by atoms with E-state index in [2.05, 4.69) is 0 Å². The summed E-state index contributed by atoms with van der Waals surface area (Å²) in [7, 11) is 0. The second-order valence-corrected chi connectivity index (χ2v) is 5.26. The van der Waals surface area contributed by atoms with Crippen LogP contribution < -0.4 is 0 Å². The van der Waals surface area contributed by atoms with Crippen LogP contribution in [0.2, 0.25) is 0 Å². The summed E-state index contributed by atoms with van der Waals surface area (Å²) < 4.78 is 5.20. The average Bonchev–Trinajstić information content (AvgIpc) is 2.49. The average molecular weight is 295 g/mol. The number of hydrogen-bond acceptors (Lipinski definition) is 5. The SMILES string of the molecule is O=C(CC(CO)Cc1ccc(O)cc1O)N1CCOCC1. The van der Waals surface area contributed by atoms with E-state index >= 15 is 0 Å². The minimum Gasteiger partial charge on any atom is -0.508 e. The first-order valence-electron chi connectivity index (χ1n) is 7.07. The van der Waals surface area contributed by atoms with Gasteiger partial charge in [-0.25, -0.2) is 0 Å². The van der Waals surface area contributed by atoms with Crippen LogP contribution in [0.4, 0.5) is 0 Å². The lowest BCUT2D eigenvalue weighted by atomic mass is 9.95. The molecule has 116 valence electrons. The molecule has 1 saturated heterocycles. The third-order valence-electron chi connectivity index (χ3n) is 3.66. The van der Waals surface area contributed by atoms with Crippen LogP contribution in [0.25, 0.3) is 0 Å². The second kappa shape index (κ2) is 7.28. The van der Waals surface area contributed by atoms with Gasteiger partial charge in [0.25, 0.3) is 0 Å². The van der Waals surface area contributed by atoms with Gasteiger partial charge in [-0.3, -0.25) is 4.79 Å². The number of carbonyl (C=O) groups excluding carboxylic acids is 1. The van der Waals surface area contributed by atoms with Crippen LogP contribution in [-0.4, -0.2) is 59.0 Å². The Morgan fingerprint density at radius 2 is 2.00 bits per heavy atom. The Kier molecular flexibility index (Phi) is 5.41. The first-order valence-corrected chi connectivity index (χ1v) is 7.07. The minimum absolute atomic E-state index is 0.00406. The van der Waals surface area contributed by atoms with E-state index < -0.39 is 0 Å². The second-order valence-electron chi connectivity index (χ2n) is 5.26. The number of aliphatic hydroxyl groups excluding tert-OH is 1. The van der Waals surface area contributed by atoms with Crippen LogP contribution in [0, 0.1) is 5.92 Å². The Hall–Kier alpha value is -1.79. The lowest BCUT2D eigenvalue weighted by molar-refractivity contribution is -0.136. The number of hydrogen-bond donors (Lipinski definition) is 3. The van der Waals surface area contributed by atoms with Crippen LogP contribution in [0.1, 0.15) is 12.0 Å². The molecular formula is C15H21NO5. The molecule has 0 spiro atoms. The predicted octanol–water partition coefficient (Wildman–Crippen LogP) is 0.498. The van der Waals surface area contributed by atoms with Gasteiger partial charge in [-0.15, -0.1) is 0 Å². The molecular weight excluding hydrogens is 274 g/mol. The largest absolute Gasteiger partial charge is 0.508 e. The minimum atomic E-state index is -0.254. The zero-order valence-electron chi connectivity index (χ0n) is 11.9. The van der Waals surface area contributed by atoms with Gasteiger partial charge in [-0.2, -0.15) is 0 Å². The molecule has 0 bridgehead atoms. The van der Waals surface area contributed by atoms with Crippen molar-refractivity contribution < 1.29 is 24.9 Å². The quantitative estimate of drug-likeness (QED) is 0.736. The Morgan fingerprint density at radius 1 is 1.29 bits per heavy atom. The van der Waals surface area contributed by atoms with E-state index in [1.54, 1.807) is 11.0 Å². The molecule has 1 unspecified atom stereocenters. The molecule has 1 aromatic carbocycles. The van der Waals surface area contributed by atoms with Gasteiger partial charge in [0.1, 0.15) is 11.5 Å². The smallest absolute Gasteiger partial charge is 0.223 e. The van der Waals surface area contributed by atoms with Crippen molar-refractivity contribution in [1.29, 1.82) is 0 Å². The van der Waals surface area contributed by atoms with Gasteiger partial charge >= 0.3 is 0 Å². The number of ether oxygens (including phenoxy) is 1. The van der Waals surface area contributed by atoms with Gasteiger partial charge in [0.2, 0.25) is 5.91 Å². The molecule has 6 nitrogen and oxygen atoms in total. The molecule has 1 aliphatic heterocycles. The number of carbonyl (C=O) groups is 1. The van der Waals surface area contributed by atoms with Crippen LogP contribution in [-0.2, 0) is 16.0 Å². The van der Waals surface area contributed by atoms with E-state index in [0.29, 0.717) is 38.3 Å². The van der Waals surface area contributed by atoms with Gasteiger partial charge in [-0.05, 0) is 24.0 Å². The number of rotatable bonds is 5. The van der Waals surface area contributed by atoms with Crippen molar-refractivity contribution in [2.45, 2.75) is 12.8 Å². The fraction of sp³-hybridized carbons (Fsp3) is 0.533. The van der Waals surface area contributed by atoms with Crippen LogP contribution in [0.5, 0.6) is 11.5 Å². The number of benzene rings is 1. The molecule has 6 heteroatoms. The highest BCUT2D eigenvalue weighted by molar-refractivity contribution is 5.76. The van der Waals surface area contributed by atoms with Crippen molar-refractivity contribution >= 4 is 5.91 Å². The summed E-state index contributed by atoms with van der Waals surface area (Å²) in [5.41, 5.74) is 0.613. The number of phenols is 2. The van der Waals surface area contributed by atoms with E-state index in [-0.39, 0.29) is 36.4 Å². The highest BCUT2D eigenvalue weighted by atomic mass is 16.5. The fourth-order valence-electron chi connectivity index (χ4n) is 2.43. The summed E-state index contributed by atoms with van der Waals surface area (Å²) in [6.07, 6.45) is 0.621. The molecule has 2 rings (SSSR count). The molecule has 1 fully saturated rings. The first-order chi connectivity index (χ1) is 10.1. The maximum Gasteiger partial charge on any atom is 0.223 e. The zero-order chi connectivity index (χ0) is 15.2. The highest BCUT2D eigenvalue weighted by Gasteiger charge is 2.21. The maximum absolute atomic E-state index is 12.2. The third-order valence-corrected chi connectivity index (χ3v) is 3.66. The van der Waals surface area contributed by atoms with Gasteiger partial charge in [0, 0.05) is 32.2 Å². The Bertz CT molecular complexity index is 485. The van der Waals surface area contributed by atoms with Gasteiger partial charge in [0.05, 0.1) is 13.2 Å². The molecule has 21 heavy (non-hydrogen) atoms. The first kappa shape index (κ1) is 15.6. The van der Waals surface area contributed by atoms with E-state index in [1.165, 1.54) is 12.1 Å². The summed E-state index contributed by atoms with van der Waals surface area (Å²) in [5.74, 6) is -0.292. The van der Waals surface area contributed by atoms with Gasteiger partial charge in [-0.1, -0.05) is 6.07 Å². The molecule has 0 radical (unpaired) electrons. The monoisotopic (exact) mass is 295 g/mol. The number of aliphatic hydroxyl groups is 1. The van der Waals surface area contributed by atoms with E-state index in [1.807, 2.05) is 0 Å². The van der Waals surface area contributed by atoms with Crippen molar-refractivity contribution in [3.8, 4) is 11.5 Å². The summed E-state index contributed by atoms with van der Waals surface area (Å²) in [5, 5.41) is 28.5. The summed E-state index contributed by atoms with van der Waals surface area (Å²) >= 11 is 0. The van der Waals surface area contributed by atoms with Gasteiger partial charge in [0.15, 0.2) is 0 Å². The summed E-state index contributed by atoms with van der Waals surface area (Å²) in [4.78, 5) is 13.9. The van der Waals surface area contributed by atoms with E-state index in [9.17, 15) is 20.1 Å². The van der Waals surface area contributed by atoms with Crippen molar-refractivity contribution in [1.82, 2.24) is 4.90 Å². The van der Waals surface area contributed by atoms with Crippen LogP contribution in [0.15, 0.2) is 18.2 Å². The molecule has 0 aromatic heterocycles. The molecule has 1 aromatic rings. The van der Waals surface area contributed by atoms with E-state index in [0.717, 1.165) is 0 Å². The number of nitrogens with zero attached hydrogens (tertiary/aromatic N) is 1. The van der Waals surface area contributed by atoms with Crippen LogP contribution in [0.3, 0.4) is 0 Å². The standard InChI is InChI=1S/C15H21NO5/c17-10-11(7-12-1-2-13(18)9-14(12)19)8-15(20)16-3-5-21-6-4-16/h1-2,9,11,17-19H,3-8,10H2. The van der Waals surface area contributed by atoms with Crippen molar-refractivity contribution in [3.63, 3.8) is 0 Å². The normalized spacial score (nSPS) is 16.7. The van der Waals surface area contributed by atoms with Crippen LogP contribution >= 0.6 is 0 Å². The van der Waals surface area contributed by atoms with E-state index in [4.69, 9.17) is 4.74 Å². The molecule has 1 aliphatic rings. The number of morpholine rings is 1. The molecule has 1 heterocycles. The maximum atomic E-state index is 12.2. The Labute approximate surface area is 123 Å². The fourth-order valence-corrected chi connectivity index (χ4v) is 2.43. The molecule has 0 saturated carbocycles. The third kappa shape index (κ3) is 4.34. The molecule has 3 N–H and O–H groups in total. The molecule has 1 atom stereocenters. The van der Waals surface area contributed by atoms with Crippen molar-refractivity contribution in [2.75, 3.05) is 32.9 Å². The Balaban J connectivity index is 1.94. The van der Waals surface area contributed by atoms with Gasteiger partial charge < -0.3 is 25.0 Å². The predicted molar refractivity (Wildman–Crippen MR) is 76.1 cm³/mol. The zero-order valence-corrected chi connectivity index (χ0v) is 11.9. The summed E-state index contributed by atoms with van der Waals surface area (Å²) in [6.45, 7) is 2.14. The lowest BCUT2D eigenvalue weighted by Crippen LogP contribution is -2.41. The highest BCUT2D eigenvalue weighted by Crippen LogP contribution is 2.26. The molecule has 0 aliphatic carbocycles. The Morgan fingerprint density at radius 3 is 2.62 bits per heavy atom. The number of amides is 1. The number of phenolic OH excluding ortho intramolecular Hbond substituents is 2. The summed E-state index contributed by atoms with van der Waals surface area (Å²) in [6, 6.07) is 4.34. The lowest BCUT2D eigenvalue weighted by Gasteiger charge is -2.28. The molecule has 1 amide bonds. The number of aromatic hydroxyl groups is 2. The topological polar surface area (TPSA) is 90.2 Å².